The van der Waals surface area contributed by atoms with Crippen LogP contribution in [-0.2, 0) is 27.3 Å². The third-order valence-corrected chi connectivity index (χ3v) is 4.90. The molecule has 4 nitrogen and oxygen atoms in total. The molecule has 5 heteroatoms. The molecule has 0 aliphatic heterocycles. The first-order valence-corrected chi connectivity index (χ1v) is 10.3. The highest BCUT2D eigenvalue weighted by Crippen LogP contribution is 2.26. The number of aliphatic imine (C=N–C) groups is 1. The fourth-order valence-corrected chi connectivity index (χ4v) is 3.25. The average molecular weight is 432 g/mol. The predicted octanol–water partition coefficient (Wildman–Crippen LogP) is 5.96. The molecule has 2 aromatic carbocycles. The number of allylic oxidation sites excluding steroid dienone is 4. The van der Waals surface area contributed by atoms with E-state index >= 15 is 0 Å². The van der Waals surface area contributed by atoms with Gasteiger partial charge in [-0.1, -0.05) is 55.1 Å². The zero-order valence-electron chi connectivity index (χ0n) is 18.5. The van der Waals surface area contributed by atoms with Crippen LogP contribution in [0.2, 0.25) is 0 Å². The Kier molecular flexibility index (Phi) is 7.55. The summed E-state index contributed by atoms with van der Waals surface area (Å²) in [6.07, 6.45) is 5.41. The number of ketones is 1. The molecule has 0 spiro atoms. The van der Waals surface area contributed by atoms with Crippen LogP contribution in [0.4, 0.5) is 4.39 Å². The van der Waals surface area contributed by atoms with Crippen molar-refractivity contribution in [1.29, 1.82) is 0 Å². The maximum atomic E-state index is 14.5. The van der Waals surface area contributed by atoms with Gasteiger partial charge < -0.3 is 9.47 Å². The van der Waals surface area contributed by atoms with Crippen molar-refractivity contribution in [3.8, 4) is 0 Å². The van der Waals surface area contributed by atoms with E-state index in [4.69, 9.17) is 14.5 Å². The summed E-state index contributed by atoms with van der Waals surface area (Å²) in [7, 11) is 1.57. The number of methoxy groups -OCH3 is 1. The third-order valence-electron chi connectivity index (χ3n) is 4.90. The zero-order valence-corrected chi connectivity index (χ0v) is 18.5. The summed E-state index contributed by atoms with van der Waals surface area (Å²) < 4.78 is 25.9. The molecule has 0 radical (unpaired) electrons. The normalized spacial score (nSPS) is 15.3. The second-order valence-corrected chi connectivity index (χ2v) is 7.38. The first-order valence-electron chi connectivity index (χ1n) is 10.3. The highest BCUT2D eigenvalue weighted by molar-refractivity contribution is 6.13. The van der Waals surface area contributed by atoms with Crippen molar-refractivity contribution in [3.63, 3.8) is 0 Å². The Bertz CT molecular complexity index is 1140. The molecule has 2 aromatic rings. The Morgan fingerprint density at radius 3 is 2.50 bits per heavy atom. The predicted molar refractivity (Wildman–Crippen MR) is 125 cm³/mol. The Morgan fingerprint density at radius 2 is 1.88 bits per heavy atom. The molecular formula is C27H26FNO3. The molecule has 164 valence electrons. The number of ether oxygens (including phenoxy) is 2. The van der Waals surface area contributed by atoms with E-state index in [-0.39, 0.29) is 12.2 Å². The fourth-order valence-electron chi connectivity index (χ4n) is 3.25. The largest absolute Gasteiger partial charge is 0.493 e. The molecule has 0 atom stereocenters. The van der Waals surface area contributed by atoms with Crippen molar-refractivity contribution in [2.75, 3.05) is 7.11 Å². The van der Waals surface area contributed by atoms with Crippen molar-refractivity contribution in [2.24, 2.45) is 4.99 Å². The molecule has 3 rings (SSSR count). The molecule has 0 fully saturated rings. The number of Topliss-reactive ketones (excluding diaryl/α,β-unsaturated/α-hetero) is 1. The summed E-state index contributed by atoms with van der Waals surface area (Å²) in [5.74, 6) is 0.590. The SMILES string of the molecule is C=C1C=C(OC)C(OCc2ccccc2)=CC1=N/C(=C\C)c1ccc(CC(C)=O)c(F)c1. The van der Waals surface area contributed by atoms with Crippen LogP contribution in [0.3, 0.4) is 0 Å². The Balaban J connectivity index is 1.88. The highest BCUT2D eigenvalue weighted by atomic mass is 19.1. The fraction of sp³-hybridized carbons (Fsp3) is 0.185. The summed E-state index contributed by atoms with van der Waals surface area (Å²) in [4.78, 5) is 16.0. The van der Waals surface area contributed by atoms with Gasteiger partial charge in [0.25, 0.3) is 0 Å². The van der Waals surface area contributed by atoms with E-state index in [9.17, 15) is 9.18 Å². The van der Waals surface area contributed by atoms with Crippen LogP contribution in [0.15, 0.2) is 95.4 Å². The van der Waals surface area contributed by atoms with Crippen molar-refractivity contribution in [2.45, 2.75) is 26.9 Å². The lowest BCUT2D eigenvalue weighted by Crippen LogP contribution is -2.10. The quantitative estimate of drug-likeness (QED) is 0.518. The number of hydrogen-bond donors (Lipinski definition) is 0. The Labute approximate surface area is 188 Å². The second-order valence-electron chi connectivity index (χ2n) is 7.38. The molecule has 0 amide bonds. The van der Waals surface area contributed by atoms with Gasteiger partial charge in [-0.2, -0.15) is 0 Å². The minimum Gasteiger partial charge on any atom is -0.493 e. The van der Waals surface area contributed by atoms with E-state index < -0.39 is 5.82 Å². The Morgan fingerprint density at radius 1 is 1.12 bits per heavy atom. The summed E-state index contributed by atoms with van der Waals surface area (Å²) >= 11 is 0. The van der Waals surface area contributed by atoms with E-state index in [1.54, 1.807) is 37.5 Å². The number of hydrogen-bond acceptors (Lipinski definition) is 4. The molecule has 1 aliphatic rings. The summed E-state index contributed by atoms with van der Waals surface area (Å²) in [6.45, 7) is 7.72. The van der Waals surface area contributed by atoms with Gasteiger partial charge in [0.1, 0.15) is 18.2 Å². The molecule has 0 saturated heterocycles. The number of rotatable bonds is 8. The van der Waals surface area contributed by atoms with Crippen LogP contribution in [-0.4, -0.2) is 18.6 Å². The standard InChI is InChI=1S/C27H26FNO3/c1-5-24(22-12-11-21(14-19(3)30)23(28)15-22)29-25-16-27(26(31-4)13-18(25)2)32-17-20-9-7-6-8-10-20/h5-13,15-16H,2,14,17H2,1,3-4H3/b24-5-,29-25?. The van der Waals surface area contributed by atoms with Crippen molar-refractivity contribution >= 4 is 17.2 Å². The maximum Gasteiger partial charge on any atom is 0.163 e. The number of carbonyl (C=O) groups is 1. The van der Waals surface area contributed by atoms with Crippen LogP contribution < -0.4 is 0 Å². The van der Waals surface area contributed by atoms with Gasteiger partial charge in [-0.05, 0) is 42.7 Å². The number of nitrogens with zero attached hydrogens (tertiary/aromatic N) is 1. The molecule has 0 unspecified atom stereocenters. The minimum atomic E-state index is -0.427. The van der Waals surface area contributed by atoms with Crippen molar-refractivity contribution < 1.29 is 18.7 Å². The number of benzene rings is 2. The van der Waals surface area contributed by atoms with Gasteiger partial charge in [0.15, 0.2) is 11.5 Å². The second kappa shape index (κ2) is 10.5. The van der Waals surface area contributed by atoms with Gasteiger partial charge in [-0.25, -0.2) is 9.38 Å². The van der Waals surface area contributed by atoms with Gasteiger partial charge in [0, 0.05) is 18.1 Å². The van der Waals surface area contributed by atoms with E-state index in [0.717, 1.165) is 5.56 Å². The van der Waals surface area contributed by atoms with Crippen molar-refractivity contribution in [1.82, 2.24) is 0 Å². The van der Waals surface area contributed by atoms with Gasteiger partial charge in [0.2, 0.25) is 0 Å². The summed E-state index contributed by atoms with van der Waals surface area (Å²) in [5.41, 5.74) is 3.84. The van der Waals surface area contributed by atoms with Gasteiger partial charge >= 0.3 is 0 Å². The third kappa shape index (κ3) is 5.70. The first kappa shape index (κ1) is 22.9. The lowest BCUT2D eigenvalue weighted by atomic mass is 10.0. The summed E-state index contributed by atoms with van der Waals surface area (Å²) in [6, 6.07) is 14.6. The van der Waals surface area contributed by atoms with Crippen LogP contribution in [0, 0.1) is 5.82 Å². The smallest absolute Gasteiger partial charge is 0.163 e. The first-order chi connectivity index (χ1) is 15.4. The van der Waals surface area contributed by atoms with Crippen LogP contribution in [0.1, 0.15) is 30.5 Å². The monoisotopic (exact) mass is 431 g/mol. The Hall–Kier alpha value is -3.73. The van der Waals surface area contributed by atoms with Gasteiger partial charge in [-0.3, -0.25) is 4.79 Å². The molecular weight excluding hydrogens is 405 g/mol. The summed E-state index contributed by atoms with van der Waals surface area (Å²) in [5, 5.41) is 0. The van der Waals surface area contributed by atoms with Gasteiger partial charge in [0.05, 0.1) is 18.5 Å². The highest BCUT2D eigenvalue weighted by Gasteiger charge is 2.18. The zero-order chi connectivity index (χ0) is 23.1. The number of carbonyl (C=O) groups excluding carboxylic acids is 1. The molecule has 0 heterocycles. The van der Waals surface area contributed by atoms with E-state index in [2.05, 4.69) is 6.58 Å². The molecule has 0 saturated carbocycles. The minimum absolute atomic E-state index is 0.0675. The van der Waals surface area contributed by atoms with Gasteiger partial charge in [-0.15, -0.1) is 0 Å². The van der Waals surface area contributed by atoms with Crippen LogP contribution >= 0.6 is 0 Å². The molecule has 32 heavy (non-hydrogen) atoms. The maximum absolute atomic E-state index is 14.5. The molecule has 0 N–H and O–H groups in total. The van der Waals surface area contributed by atoms with E-state index in [1.165, 1.54) is 13.0 Å². The molecule has 0 aromatic heterocycles. The average Bonchev–Trinajstić information content (AvgIpc) is 2.79. The topological polar surface area (TPSA) is 47.9 Å². The molecule has 0 bridgehead atoms. The number of halogens is 1. The lowest BCUT2D eigenvalue weighted by Gasteiger charge is -2.19. The van der Waals surface area contributed by atoms with Crippen molar-refractivity contribution in [3.05, 3.63) is 113 Å². The lowest BCUT2D eigenvalue weighted by molar-refractivity contribution is -0.116. The van der Waals surface area contributed by atoms with E-state index in [1.807, 2.05) is 37.3 Å². The van der Waals surface area contributed by atoms with Crippen LogP contribution in [0.25, 0.3) is 5.70 Å². The van der Waals surface area contributed by atoms with Crippen LogP contribution in [0.5, 0.6) is 0 Å². The van der Waals surface area contributed by atoms with E-state index in [0.29, 0.717) is 46.2 Å². The molecule has 1 aliphatic carbocycles.